The lowest BCUT2D eigenvalue weighted by molar-refractivity contribution is -0.166. The number of rotatable bonds is 25. The number of unbranched alkanes of at least 4 members (excludes halogenated alkanes) is 6. The van der Waals surface area contributed by atoms with Gasteiger partial charge in [0.15, 0.2) is 0 Å². The third-order valence-electron chi connectivity index (χ3n) is 10.6. The van der Waals surface area contributed by atoms with E-state index in [2.05, 4.69) is 31.9 Å². The van der Waals surface area contributed by atoms with Crippen LogP contribution < -0.4 is 16.0 Å². The molecule has 2 atom stereocenters. The Kier molecular flexibility index (Phi) is 18.3. The van der Waals surface area contributed by atoms with Crippen molar-refractivity contribution in [1.29, 1.82) is 0 Å². The maximum absolute atomic E-state index is 13.2. The van der Waals surface area contributed by atoms with Gasteiger partial charge in [-0.1, -0.05) is 15.9 Å². The normalized spacial score (nSPS) is 22.8. The summed E-state index contributed by atoms with van der Waals surface area (Å²) in [6, 6.07) is 0. The zero-order chi connectivity index (χ0) is 38.1. The second-order valence-corrected chi connectivity index (χ2v) is 16.9. The predicted octanol–water partition coefficient (Wildman–Crippen LogP) is 3.81. The smallest absolute Gasteiger partial charge is 0.246 e. The summed E-state index contributed by atoms with van der Waals surface area (Å²) in [5.74, 6) is -0.604. The minimum atomic E-state index is -0.553. The van der Waals surface area contributed by atoms with Gasteiger partial charge in [-0.3, -0.25) is 44.4 Å². The van der Waals surface area contributed by atoms with Crippen molar-refractivity contribution in [2.75, 3.05) is 39.3 Å². The minimum Gasteiger partial charge on any atom is -0.356 e. The zero-order valence-corrected chi connectivity index (χ0v) is 32.4. The Morgan fingerprint density at radius 3 is 1.44 bits per heavy atom. The average molecular weight is 802 g/mol. The Bertz CT molecular complexity index is 1210. The van der Waals surface area contributed by atoms with Crippen molar-refractivity contribution in [2.24, 2.45) is 17.3 Å². The molecule has 4 aliphatic carbocycles. The van der Waals surface area contributed by atoms with Crippen LogP contribution in [0.2, 0.25) is 0 Å². The number of carbonyl (C=O) groups excluding carboxylic acids is 6. The Balaban J connectivity index is 1.11. The summed E-state index contributed by atoms with van der Waals surface area (Å²) in [5, 5.41) is 39.9. The van der Waals surface area contributed by atoms with E-state index < -0.39 is 17.7 Å². The van der Waals surface area contributed by atoms with Crippen molar-refractivity contribution in [3.8, 4) is 0 Å². The SMILES string of the molecule is CC(=O)N(O)CCCCCNC(=O)CCC(=O)N(O)CCCCCNC(=O)CCC(=O)N(O)CCCCCNC(=O)C12CC3CC(CC(Br)(C3)C1)C2. The van der Waals surface area contributed by atoms with Crippen LogP contribution in [0.15, 0.2) is 0 Å². The van der Waals surface area contributed by atoms with Crippen LogP contribution in [-0.4, -0.2) is 110 Å². The third kappa shape index (κ3) is 14.9. The summed E-state index contributed by atoms with van der Waals surface area (Å²) in [6.07, 6.45) is 12.1. The average Bonchev–Trinajstić information content (AvgIpc) is 3.08. The highest BCUT2D eigenvalue weighted by Gasteiger charge is 2.59. The van der Waals surface area contributed by atoms with E-state index >= 15 is 0 Å². The van der Waals surface area contributed by atoms with Gasteiger partial charge in [0.1, 0.15) is 0 Å². The van der Waals surface area contributed by atoms with E-state index in [-0.39, 0.29) is 72.8 Å². The number of alkyl halides is 1. The van der Waals surface area contributed by atoms with Crippen molar-refractivity contribution in [3.63, 3.8) is 0 Å². The Labute approximate surface area is 316 Å². The molecular weight excluding hydrogens is 740 g/mol. The molecule has 0 aromatic carbocycles. The molecule has 6 N–H and O–H groups in total. The molecule has 0 heterocycles. The fraction of sp³-hybridized carbons (Fsp3) is 0.833. The van der Waals surface area contributed by atoms with Crippen molar-refractivity contribution in [1.82, 2.24) is 31.1 Å². The van der Waals surface area contributed by atoms with Gasteiger partial charge in [0.25, 0.3) is 0 Å². The van der Waals surface area contributed by atoms with E-state index in [9.17, 15) is 44.4 Å². The van der Waals surface area contributed by atoms with E-state index in [0.29, 0.717) is 91.6 Å². The van der Waals surface area contributed by atoms with Crippen molar-refractivity contribution >= 4 is 51.4 Å². The number of amides is 6. The van der Waals surface area contributed by atoms with E-state index in [4.69, 9.17) is 0 Å². The first-order chi connectivity index (χ1) is 24.7. The maximum atomic E-state index is 13.2. The van der Waals surface area contributed by atoms with E-state index in [0.717, 1.165) is 32.1 Å². The van der Waals surface area contributed by atoms with Gasteiger partial charge in [-0.15, -0.1) is 0 Å². The van der Waals surface area contributed by atoms with Crippen LogP contribution in [0, 0.1) is 17.3 Å². The molecule has 16 heteroatoms. The number of halogens is 1. The molecule has 15 nitrogen and oxygen atoms in total. The lowest BCUT2D eigenvalue weighted by Crippen LogP contribution is -2.58. The molecule has 4 saturated carbocycles. The van der Waals surface area contributed by atoms with Crippen LogP contribution in [0.25, 0.3) is 0 Å². The fourth-order valence-corrected chi connectivity index (χ4v) is 9.69. The summed E-state index contributed by atoms with van der Waals surface area (Å²) in [7, 11) is 0. The van der Waals surface area contributed by atoms with Crippen molar-refractivity contribution in [3.05, 3.63) is 0 Å². The first-order valence-corrected chi connectivity index (χ1v) is 20.0. The summed E-state index contributed by atoms with van der Waals surface area (Å²) in [4.78, 5) is 72.5. The summed E-state index contributed by atoms with van der Waals surface area (Å²) in [5.41, 5.74) is -0.227. The van der Waals surface area contributed by atoms with Gasteiger partial charge in [0.2, 0.25) is 35.4 Å². The standard InChI is InChI=1S/C36H61BrN6O9/c1-27(44)41(50)18-8-2-5-15-38-30(45)11-13-32(47)42(51)19-9-3-6-16-39-31(46)12-14-33(48)43(52)20-10-4-7-17-40-34(49)35-22-28-21-29(23-35)25-36(37,24-28)26-35/h28-29,50-52H,2-26H2,1H3,(H,38,45)(H,39,46)(H,40,49). The maximum Gasteiger partial charge on any atom is 0.246 e. The summed E-state index contributed by atoms with van der Waals surface area (Å²) >= 11 is 3.96. The molecular formula is C36H61BrN6O9. The van der Waals surface area contributed by atoms with Gasteiger partial charge in [-0.05, 0) is 108 Å². The molecule has 2 unspecified atom stereocenters. The van der Waals surface area contributed by atoms with Crippen LogP contribution >= 0.6 is 15.9 Å². The highest BCUT2D eigenvalue weighted by Crippen LogP contribution is 2.64. The van der Waals surface area contributed by atoms with Crippen LogP contribution in [-0.2, 0) is 28.8 Å². The zero-order valence-electron chi connectivity index (χ0n) is 30.8. The lowest BCUT2D eigenvalue weighted by Gasteiger charge is -2.59. The molecule has 0 spiro atoms. The van der Waals surface area contributed by atoms with Gasteiger partial charge < -0.3 is 16.0 Å². The van der Waals surface area contributed by atoms with Gasteiger partial charge in [-0.25, -0.2) is 15.2 Å². The van der Waals surface area contributed by atoms with Gasteiger partial charge >= 0.3 is 0 Å². The second kappa shape index (κ2) is 21.8. The molecule has 52 heavy (non-hydrogen) atoms. The Hall–Kier alpha value is -2.82. The number of hydrogen-bond donors (Lipinski definition) is 6. The molecule has 296 valence electrons. The van der Waals surface area contributed by atoms with Crippen LogP contribution in [0.1, 0.15) is 129 Å². The molecule has 4 bridgehead atoms. The van der Waals surface area contributed by atoms with Crippen molar-refractivity contribution in [2.45, 2.75) is 133 Å². The van der Waals surface area contributed by atoms with Crippen LogP contribution in [0.5, 0.6) is 0 Å². The molecule has 0 radical (unpaired) electrons. The molecule has 4 aliphatic rings. The molecule has 0 saturated heterocycles. The van der Waals surface area contributed by atoms with Crippen LogP contribution in [0.3, 0.4) is 0 Å². The molecule has 0 aromatic heterocycles. The van der Waals surface area contributed by atoms with Crippen molar-refractivity contribution < 1.29 is 44.4 Å². The largest absolute Gasteiger partial charge is 0.356 e. The van der Waals surface area contributed by atoms with Gasteiger partial charge in [0.05, 0.1) is 5.41 Å². The molecule has 0 aromatic rings. The summed E-state index contributed by atoms with van der Waals surface area (Å²) in [6.45, 7) is 3.15. The van der Waals surface area contributed by atoms with E-state index in [1.807, 2.05) is 0 Å². The molecule has 0 aliphatic heterocycles. The summed E-state index contributed by atoms with van der Waals surface area (Å²) < 4.78 is 0.139. The number of nitrogens with one attached hydrogen (secondary N) is 3. The quantitative estimate of drug-likeness (QED) is 0.0343. The number of carbonyl (C=O) groups is 6. The highest BCUT2D eigenvalue weighted by atomic mass is 79.9. The second-order valence-electron chi connectivity index (χ2n) is 15.2. The molecule has 4 fully saturated rings. The predicted molar refractivity (Wildman–Crippen MR) is 194 cm³/mol. The van der Waals surface area contributed by atoms with E-state index in [1.165, 1.54) is 26.2 Å². The first-order valence-electron chi connectivity index (χ1n) is 19.2. The number of hydrogen-bond acceptors (Lipinski definition) is 9. The minimum absolute atomic E-state index is 0.0445. The third-order valence-corrected chi connectivity index (χ3v) is 11.5. The molecule has 6 amide bonds. The highest BCUT2D eigenvalue weighted by molar-refractivity contribution is 9.10. The Morgan fingerprint density at radius 2 is 1.02 bits per heavy atom. The first kappa shape index (κ1) is 43.6. The Morgan fingerprint density at radius 1 is 0.596 bits per heavy atom. The van der Waals surface area contributed by atoms with Crippen LogP contribution in [0.4, 0.5) is 0 Å². The van der Waals surface area contributed by atoms with Gasteiger partial charge in [0, 0.05) is 76.2 Å². The topological polar surface area (TPSA) is 209 Å². The fourth-order valence-electron chi connectivity index (χ4n) is 8.23. The number of hydroxylamine groups is 6. The van der Waals surface area contributed by atoms with E-state index in [1.54, 1.807) is 0 Å². The number of nitrogens with zero attached hydrogens (tertiary/aromatic N) is 3. The molecule has 4 rings (SSSR count). The van der Waals surface area contributed by atoms with Gasteiger partial charge in [-0.2, -0.15) is 0 Å². The monoisotopic (exact) mass is 800 g/mol. The lowest BCUT2D eigenvalue weighted by atomic mass is 9.49.